The average molecular weight is 951 g/mol. The molecule has 0 aliphatic carbocycles. The van der Waals surface area contributed by atoms with E-state index < -0.39 is 100 Å². The number of rotatable bonds is 6. The third-order valence-corrected chi connectivity index (χ3v) is 19.6. The van der Waals surface area contributed by atoms with Crippen LogP contribution in [0.4, 0.5) is 132 Å². The molecule has 0 aliphatic heterocycles. The van der Waals surface area contributed by atoms with Crippen LogP contribution in [0.1, 0.15) is 0 Å². The van der Waals surface area contributed by atoms with E-state index in [1.54, 1.807) is 0 Å². The van der Waals surface area contributed by atoms with E-state index in [-0.39, 0.29) is 0 Å². The van der Waals surface area contributed by atoms with Crippen molar-refractivity contribution in [2.45, 2.75) is 60.7 Å². The maximum atomic E-state index is 12.6. The van der Waals surface area contributed by atoms with E-state index >= 15 is 0 Å². The molecule has 44 heavy (non-hydrogen) atoms. The Morgan fingerprint density at radius 3 is 0.273 bits per heavy atom. The van der Waals surface area contributed by atoms with Crippen LogP contribution in [-0.4, -0.2) is 100 Å². The molecule has 0 spiro atoms. The molecule has 0 saturated carbocycles. The Kier molecular flexibility index (Phi) is 12.6. The van der Waals surface area contributed by atoms with Gasteiger partial charge in [-0.15, -0.1) is 0 Å². The average Bonchev–Trinajstić information content (AvgIpc) is 2.61. The first-order valence-corrected chi connectivity index (χ1v) is 17.2. The van der Waals surface area contributed by atoms with Crippen LogP contribution in [0, 0.1) is 0 Å². The van der Waals surface area contributed by atoms with E-state index in [9.17, 15) is 132 Å². The molecule has 0 atom stereocenters. The quantitative estimate of drug-likeness (QED) is 0.184. The van der Waals surface area contributed by atoms with Crippen molar-refractivity contribution in [1.82, 2.24) is 0 Å². The monoisotopic (exact) mass is 954 g/mol. The number of hydrogen-bond acceptors (Lipinski definition) is 0. The molecule has 2 radical (unpaired) electrons. The molecule has 0 aromatic carbocycles. The van der Waals surface area contributed by atoms with Crippen molar-refractivity contribution in [3.8, 4) is 0 Å². The van der Waals surface area contributed by atoms with E-state index in [0.29, 0.717) is 0 Å². The Hall–Kier alpha value is -0.503. The Balaban J connectivity index is 0. The third kappa shape index (κ3) is 8.50. The molecular formula is C12F30Sn2. The summed E-state index contributed by atoms with van der Waals surface area (Å²) in [6, 6.07) is 0. The maximum absolute atomic E-state index is 12.6. The Morgan fingerprint density at radius 2 is 0.227 bits per heavy atom. The van der Waals surface area contributed by atoms with Gasteiger partial charge in [0.15, 0.2) is 0 Å². The molecule has 0 heterocycles. The van der Waals surface area contributed by atoms with Gasteiger partial charge < -0.3 is 0 Å². The Labute approximate surface area is 232 Å². The SMILES string of the molecule is FC(F)(F)[C](F)(F)[Sn]([C](F)(F)C(F)(F)F)[C](F)(F)C(F)(F)F.FC(F)(F)[C](F)(F)[Sn]([C](F)(F)C(F)(F)F)[C](F)(F)C(F)(F)F. The fraction of sp³-hybridized carbons (Fsp3) is 1.00. The molecule has 32 heteroatoms. The van der Waals surface area contributed by atoms with Crippen molar-refractivity contribution < 1.29 is 132 Å². The van der Waals surface area contributed by atoms with Crippen molar-refractivity contribution in [1.29, 1.82) is 0 Å². The van der Waals surface area contributed by atoms with Crippen LogP contribution in [0.3, 0.4) is 0 Å². The summed E-state index contributed by atoms with van der Waals surface area (Å²) in [5.41, 5.74) is 0. The summed E-state index contributed by atoms with van der Waals surface area (Å²) in [7, 11) is 0. The van der Waals surface area contributed by atoms with Gasteiger partial charge >= 0.3 is 232 Å². The van der Waals surface area contributed by atoms with Crippen LogP contribution in [0.15, 0.2) is 0 Å². The van der Waals surface area contributed by atoms with Gasteiger partial charge in [-0.05, 0) is 0 Å². The van der Waals surface area contributed by atoms with Gasteiger partial charge in [0.25, 0.3) is 0 Å². The fourth-order valence-electron chi connectivity index (χ4n) is 2.03. The fourth-order valence-corrected chi connectivity index (χ4v) is 13.6. The van der Waals surface area contributed by atoms with Gasteiger partial charge in [0, 0.05) is 0 Å². The predicted molar refractivity (Wildman–Crippen MR) is 77.5 cm³/mol. The molecule has 266 valence electrons. The van der Waals surface area contributed by atoms with Gasteiger partial charge in [-0.25, -0.2) is 0 Å². The Bertz CT molecular complexity index is 746. The van der Waals surface area contributed by atoms with Crippen LogP contribution in [0.5, 0.6) is 0 Å². The standard InChI is InChI=1S/6C2F5.2Sn/c6*3-1(4)2(5,6)7;;. The van der Waals surface area contributed by atoms with Gasteiger partial charge in [0.05, 0.1) is 0 Å². The molecule has 0 fully saturated rings. The van der Waals surface area contributed by atoms with Crippen LogP contribution in [-0.2, 0) is 0 Å². The summed E-state index contributed by atoms with van der Waals surface area (Å²) in [5, 5.41) is 0. The molecule has 0 N–H and O–H groups in total. The first kappa shape index (κ1) is 45.6. The van der Waals surface area contributed by atoms with Crippen molar-refractivity contribution in [2.24, 2.45) is 0 Å². The molecule has 0 nitrogen and oxygen atoms in total. The van der Waals surface area contributed by atoms with Crippen molar-refractivity contribution in [3.05, 3.63) is 0 Å². The second-order valence-electron chi connectivity index (χ2n) is 7.18. The second-order valence-corrected chi connectivity index (χ2v) is 22.2. The second kappa shape index (κ2) is 12.2. The summed E-state index contributed by atoms with van der Waals surface area (Å²) in [4.78, 5) is 0. The predicted octanol–water partition coefficient (Wildman–Crippen LogP) is 9.38. The number of alkyl halides is 30. The molecule has 0 aliphatic rings. The zero-order chi connectivity index (χ0) is 37.2. The summed E-state index contributed by atoms with van der Waals surface area (Å²) < 4.78 is 319. The van der Waals surface area contributed by atoms with E-state index in [1.165, 1.54) is 0 Å². The molecule has 0 bridgehead atoms. The van der Waals surface area contributed by atoms with Gasteiger partial charge in [-0.3, -0.25) is 0 Å². The van der Waals surface area contributed by atoms with Crippen LogP contribution in [0.25, 0.3) is 0 Å². The van der Waals surface area contributed by atoms with Crippen molar-refractivity contribution in [3.63, 3.8) is 0 Å². The van der Waals surface area contributed by atoms with Crippen molar-refractivity contribution in [2.75, 3.05) is 0 Å². The molecule has 0 aromatic rings. The van der Waals surface area contributed by atoms with Crippen LogP contribution >= 0.6 is 0 Å². The summed E-state index contributed by atoms with van der Waals surface area (Å²) >= 11 is -18.8. The van der Waals surface area contributed by atoms with E-state index in [0.717, 1.165) is 0 Å². The topological polar surface area (TPSA) is 0 Å². The number of hydrogen-bond donors (Lipinski definition) is 0. The summed E-state index contributed by atoms with van der Waals surface area (Å²) in [5.74, 6) is 0. The number of halogens is 30. The van der Waals surface area contributed by atoms with E-state index in [2.05, 4.69) is 0 Å². The zero-order valence-electron chi connectivity index (χ0n) is 18.3. The van der Waals surface area contributed by atoms with Gasteiger partial charge in [0.1, 0.15) is 0 Å². The molecule has 0 saturated heterocycles. The van der Waals surface area contributed by atoms with Crippen molar-refractivity contribution >= 4 is 39.5 Å². The van der Waals surface area contributed by atoms with Crippen LogP contribution in [0.2, 0.25) is 0 Å². The molecule has 0 aromatic heterocycles. The molecule has 0 amide bonds. The summed E-state index contributed by atoms with van der Waals surface area (Å²) in [6.45, 7) is 0. The summed E-state index contributed by atoms with van der Waals surface area (Å²) in [6.07, 6.45) is -44.6. The van der Waals surface area contributed by atoms with Gasteiger partial charge in [-0.2, -0.15) is 0 Å². The van der Waals surface area contributed by atoms with Gasteiger partial charge in [0.2, 0.25) is 0 Å². The van der Waals surface area contributed by atoms with E-state index in [4.69, 9.17) is 0 Å². The minimum atomic E-state index is -9.38. The first-order chi connectivity index (χ1) is 18.2. The normalized spacial score (nSPS) is 16.4. The third-order valence-electron chi connectivity index (χ3n) is 4.02. The minimum absolute atomic E-state index is 7.44. The van der Waals surface area contributed by atoms with Gasteiger partial charge in [-0.1, -0.05) is 0 Å². The van der Waals surface area contributed by atoms with Crippen LogP contribution < -0.4 is 0 Å². The first-order valence-electron chi connectivity index (χ1n) is 8.67. The molecule has 0 unspecified atom stereocenters. The Morgan fingerprint density at radius 1 is 0.159 bits per heavy atom. The molecular weight excluding hydrogens is 951 g/mol. The van der Waals surface area contributed by atoms with E-state index in [1.807, 2.05) is 0 Å². The zero-order valence-corrected chi connectivity index (χ0v) is 24.0. The molecule has 0 rings (SSSR count).